The second-order valence-electron chi connectivity index (χ2n) is 6.80. The number of aryl methyl sites for hydroxylation is 1. The molecule has 0 unspecified atom stereocenters. The van der Waals surface area contributed by atoms with Crippen LogP contribution in [0.2, 0.25) is 5.02 Å². The molecule has 0 aliphatic heterocycles. The van der Waals surface area contributed by atoms with Crippen LogP contribution in [0.5, 0.6) is 0 Å². The van der Waals surface area contributed by atoms with Gasteiger partial charge in [0.25, 0.3) is 5.91 Å². The largest absolute Gasteiger partial charge is 0.342 e. The smallest absolute Gasteiger partial charge is 0.251 e. The van der Waals surface area contributed by atoms with E-state index < -0.39 is 0 Å². The minimum Gasteiger partial charge on any atom is -0.342 e. The van der Waals surface area contributed by atoms with E-state index in [4.69, 9.17) is 11.6 Å². The molecule has 0 spiro atoms. The van der Waals surface area contributed by atoms with Gasteiger partial charge in [-0.05, 0) is 50.2 Å². The van der Waals surface area contributed by atoms with Crippen LogP contribution in [0.4, 0.5) is 5.69 Å². The Morgan fingerprint density at radius 3 is 2.43 bits per heavy atom. The molecule has 0 fully saturated rings. The number of halogens is 1. The Balaban J connectivity index is 1.56. The van der Waals surface area contributed by atoms with E-state index in [0.717, 1.165) is 5.56 Å². The Kier molecular flexibility index (Phi) is 7.12. The molecule has 3 rings (SSSR count). The average Bonchev–Trinajstić information content (AvgIpc) is 3.09. The van der Waals surface area contributed by atoms with E-state index in [1.807, 2.05) is 33.0 Å². The van der Waals surface area contributed by atoms with Crippen molar-refractivity contribution in [3.63, 3.8) is 0 Å². The fourth-order valence-electron chi connectivity index (χ4n) is 2.74. The monoisotopic (exact) mass is 443 g/mol. The minimum absolute atomic E-state index is 0.160. The van der Waals surface area contributed by atoms with E-state index in [2.05, 4.69) is 20.8 Å². The molecule has 3 aromatic rings. The van der Waals surface area contributed by atoms with Crippen molar-refractivity contribution < 1.29 is 9.59 Å². The first kappa shape index (κ1) is 21.9. The van der Waals surface area contributed by atoms with Crippen LogP contribution in [-0.4, -0.2) is 32.3 Å². The number of carbonyl (C=O) groups is 2. The number of amides is 2. The first-order chi connectivity index (χ1) is 14.3. The average molecular weight is 444 g/mol. The van der Waals surface area contributed by atoms with Crippen molar-refractivity contribution in [2.75, 3.05) is 11.1 Å². The number of nitrogens with one attached hydrogen (secondary N) is 2. The predicted molar refractivity (Wildman–Crippen MR) is 119 cm³/mol. The summed E-state index contributed by atoms with van der Waals surface area (Å²) in [6.45, 7) is 3.82. The highest BCUT2D eigenvalue weighted by molar-refractivity contribution is 7.99. The van der Waals surface area contributed by atoms with Gasteiger partial charge in [0.2, 0.25) is 5.91 Å². The Bertz CT molecular complexity index is 1030. The molecule has 0 radical (unpaired) electrons. The van der Waals surface area contributed by atoms with Crippen LogP contribution < -0.4 is 10.6 Å². The quantitative estimate of drug-likeness (QED) is 0.539. The summed E-state index contributed by atoms with van der Waals surface area (Å²) < 4.78 is 1.78. The van der Waals surface area contributed by atoms with Crippen LogP contribution in [0.3, 0.4) is 0 Å². The van der Waals surface area contributed by atoms with Gasteiger partial charge in [-0.1, -0.05) is 41.1 Å². The van der Waals surface area contributed by atoms with Gasteiger partial charge in [0.15, 0.2) is 11.0 Å². The van der Waals surface area contributed by atoms with Crippen LogP contribution in [0.25, 0.3) is 0 Å². The lowest BCUT2D eigenvalue weighted by molar-refractivity contribution is -0.113. The molecule has 0 saturated heterocycles. The maximum Gasteiger partial charge on any atom is 0.251 e. The Hall–Kier alpha value is -2.84. The summed E-state index contributed by atoms with van der Waals surface area (Å²) >= 11 is 7.12. The second kappa shape index (κ2) is 9.77. The molecular formula is C21H22ClN5O2S. The number of anilines is 1. The molecule has 7 nitrogen and oxygen atoms in total. The van der Waals surface area contributed by atoms with E-state index in [1.54, 1.807) is 41.0 Å². The molecule has 156 valence electrons. The number of hydrogen-bond acceptors (Lipinski definition) is 5. The molecule has 0 bridgehead atoms. The number of thioether (sulfide) groups is 1. The molecular weight excluding hydrogens is 422 g/mol. The number of nitrogens with zero attached hydrogens (tertiary/aromatic N) is 3. The summed E-state index contributed by atoms with van der Waals surface area (Å²) in [5.74, 6) is 0.448. The van der Waals surface area contributed by atoms with Crippen molar-refractivity contribution >= 4 is 40.9 Å². The van der Waals surface area contributed by atoms with Gasteiger partial charge >= 0.3 is 0 Å². The third-order valence-electron chi connectivity index (χ3n) is 4.38. The SMILES string of the molecule is Cc1ccc(C(=O)N[C@@H](C)c2nnc(SCC(=O)Nc3ccc(Cl)cc3)n2C)cc1. The molecule has 2 aromatic carbocycles. The van der Waals surface area contributed by atoms with Gasteiger partial charge in [0, 0.05) is 23.3 Å². The summed E-state index contributed by atoms with van der Waals surface area (Å²) in [5, 5.41) is 15.3. The van der Waals surface area contributed by atoms with E-state index in [9.17, 15) is 9.59 Å². The van der Waals surface area contributed by atoms with Crippen LogP contribution in [-0.2, 0) is 11.8 Å². The van der Waals surface area contributed by atoms with E-state index in [0.29, 0.717) is 27.3 Å². The fraction of sp³-hybridized carbons (Fsp3) is 0.238. The lowest BCUT2D eigenvalue weighted by Gasteiger charge is -2.13. The van der Waals surface area contributed by atoms with Gasteiger partial charge in [0.1, 0.15) is 0 Å². The highest BCUT2D eigenvalue weighted by atomic mass is 35.5. The summed E-state index contributed by atoms with van der Waals surface area (Å²) in [7, 11) is 1.81. The molecule has 2 amide bonds. The number of aromatic nitrogens is 3. The fourth-order valence-corrected chi connectivity index (χ4v) is 3.58. The van der Waals surface area contributed by atoms with Crippen LogP contribution in [0.15, 0.2) is 53.7 Å². The Labute approximate surface area is 184 Å². The van der Waals surface area contributed by atoms with Crippen molar-refractivity contribution in [3.8, 4) is 0 Å². The first-order valence-corrected chi connectivity index (χ1v) is 10.6. The molecule has 0 aliphatic rings. The highest BCUT2D eigenvalue weighted by Gasteiger charge is 2.19. The molecule has 2 N–H and O–H groups in total. The number of hydrogen-bond donors (Lipinski definition) is 2. The molecule has 0 saturated carbocycles. The summed E-state index contributed by atoms with van der Waals surface area (Å²) in [5.41, 5.74) is 2.36. The van der Waals surface area contributed by atoms with E-state index >= 15 is 0 Å². The van der Waals surface area contributed by atoms with Crippen molar-refractivity contribution in [2.24, 2.45) is 7.05 Å². The summed E-state index contributed by atoms with van der Waals surface area (Å²) in [4.78, 5) is 24.6. The minimum atomic E-state index is -0.339. The number of rotatable bonds is 7. The lowest BCUT2D eigenvalue weighted by atomic mass is 10.1. The maximum atomic E-state index is 12.4. The molecule has 0 aliphatic carbocycles. The lowest BCUT2D eigenvalue weighted by Crippen LogP contribution is -2.28. The van der Waals surface area contributed by atoms with Gasteiger partial charge < -0.3 is 15.2 Å². The molecule has 1 aromatic heterocycles. The van der Waals surface area contributed by atoms with Crippen LogP contribution >= 0.6 is 23.4 Å². The molecule has 1 heterocycles. The summed E-state index contributed by atoms with van der Waals surface area (Å²) in [6, 6.07) is 13.9. The third-order valence-corrected chi connectivity index (χ3v) is 5.65. The second-order valence-corrected chi connectivity index (χ2v) is 8.18. The zero-order valence-corrected chi connectivity index (χ0v) is 18.4. The Morgan fingerprint density at radius 2 is 1.77 bits per heavy atom. The molecule has 9 heteroatoms. The van der Waals surface area contributed by atoms with E-state index in [-0.39, 0.29) is 23.6 Å². The first-order valence-electron chi connectivity index (χ1n) is 9.28. The van der Waals surface area contributed by atoms with Crippen molar-refractivity contribution in [1.29, 1.82) is 0 Å². The summed E-state index contributed by atoms with van der Waals surface area (Å²) in [6.07, 6.45) is 0. The molecule has 30 heavy (non-hydrogen) atoms. The third kappa shape index (κ3) is 5.61. The van der Waals surface area contributed by atoms with Gasteiger partial charge in [-0.15, -0.1) is 10.2 Å². The number of benzene rings is 2. The normalized spacial score (nSPS) is 11.7. The van der Waals surface area contributed by atoms with Crippen LogP contribution in [0, 0.1) is 6.92 Å². The zero-order chi connectivity index (χ0) is 21.7. The van der Waals surface area contributed by atoms with E-state index in [1.165, 1.54) is 11.8 Å². The standard InChI is InChI=1S/C21H22ClN5O2S/c1-13-4-6-15(7-5-13)20(29)23-14(2)19-25-26-21(27(19)3)30-12-18(28)24-17-10-8-16(22)9-11-17/h4-11,14H,12H2,1-3H3,(H,23,29)(H,24,28)/t14-/m0/s1. The van der Waals surface area contributed by atoms with Gasteiger partial charge in [-0.2, -0.15) is 0 Å². The topological polar surface area (TPSA) is 88.9 Å². The van der Waals surface area contributed by atoms with Gasteiger partial charge in [0.05, 0.1) is 11.8 Å². The predicted octanol–water partition coefficient (Wildman–Crippen LogP) is 4.00. The highest BCUT2D eigenvalue weighted by Crippen LogP contribution is 2.20. The molecule has 1 atom stereocenters. The van der Waals surface area contributed by atoms with Gasteiger partial charge in [-0.25, -0.2) is 0 Å². The zero-order valence-electron chi connectivity index (χ0n) is 16.8. The van der Waals surface area contributed by atoms with Gasteiger partial charge in [-0.3, -0.25) is 9.59 Å². The maximum absolute atomic E-state index is 12.4. The van der Waals surface area contributed by atoms with Crippen LogP contribution in [0.1, 0.15) is 34.7 Å². The number of carbonyl (C=O) groups excluding carboxylic acids is 2. The Morgan fingerprint density at radius 1 is 1.10 bits per heavy atom. The van der Waals surface area contributed by atoms with Crippen molar-refractivity contribution in [2.45, 2.75) is 25.0 Å². The van der Waals surface area contributed by atoms with Crippen molar-refractivity contribution in [1.82, 2.24) is 20.1 Å². The van der Waals surface area contributed by atoms with Crippen molar-refractivity contribution in [3.05, 3.63) is 70.5 Å².